The van der Waals surface area contributed by atoms with Crippen LogP contribution in [0.25, 0.3) is 0 Å². The predicted molar refractivity (Wildman–Crippen MR) is 60.6 cm³/mol. The molecule has 1 N–H and O–H groups in total. The third kappa shape index (κ3) is 1.69. The van der Waals surface area contributed by atoms with Crippen molar-refractivity contribution < 1.29 is 0 Å². The summed E-state index contributed by atoms with van der Waals surface area (Å²) >= 11 is 0. The van der Waals surface area contributed by atoms with Gasteiger partial charge in [-0.05, 0) is 50.3 Å². The van der Waals surface area contributed by atoms with E-state index in [0.29, 0.717) is 12.0 Å². The fourth-order valence-electron chi connectivity index (χ4n) is 2.51. The predicted octanol–water partition coefficient (Wildman–Crippen LogP) is 2.71. The molecule has 0 heterocycles. The van der Waals surface area contributed by atoms with Gasteiger partial charge in [-0.2, -0.15) is 0 Å². The summed E-state index contributed by atoms with van der Waals surface area (Å²) in [6, 6.07) is 9.50. The van der Waals surface area contributed by atoms with Crippen molar-refractivity contribution in [3.8, 4) is 0 Å². The van der Waals surface area contributed by atoms with Crippen LogP contribution in [0.3, 0.4) is 0 Å². The second-order valence-corrected chi connectivity index (χ2v) is 4.27. The molecule has 0 saturated carbocycles. The Bertz CT molecular complexity index is 306. The fourth-order valence-corrected chi connectivity index (χ4v) is 2.51. The first-order valence-electron chi connectivity index (χ1n) is 5.58. The van der Waals surface area contributed by atoms with Crippen molar-refractivity contribution in [3.05, 3.63) is 35.4 Å². The fraction of sp³-hybridized carbons (Fsp3) is 0.538. The van der Waals surface area contributed by atoms with Gasteiger partial charge in [-0.3, -0.25) is 0 Å². The maximum absolute atomic E-state index is 3.38. The average Bonchev–Trinajstić information content (AvgIpc) is 2.27. The van der Waals surface area contributed by atoms with Crippen LogP contribution in [0.15, 0.2) is 24.3 Å². The lowest BCUT2D eigenvalue weighted by Gasteiger charge is -2.30. The molecule has 2 rings (SSSR count). The minimum Gasteiger partial charge on any atom is -0.317 e. The minimum absolute atomic E-state index is 0.594. The van der Waals surface area contributed by atoms with Gasteiger partial charge in [-0.15, -0.1) is 0 Å². The van der Waals surface area contributed by atoms with Crippen molar-refractivity contribution in [2.45, 2.75) is 38.1 Å². The molecule has 0 spiro atoms. The molecule has 0 bridgehead atoms. The second-order valence-electron chi connectivity index (χ2n) is 4.27. The van der Waals surface area contributed by atoms with E-state index in [2.05, 4.69) is 43.6 Å². The summed E-state index contributed by atoms with van der Waals surface area (Å²) in [7, 11) is 2.06. The van der Waals surface area contributed by atoms with Crippen LogP contribution in [0, 0.1) is 0 Å². The molecule has 0 saturated heterocycles. The van der Waals surface area contributed by atoms with Gasteiger partial charge in [0, 0.05) is 6.04 Å². The first-order valence-corrected chi connectivity index (χ1v) is 5.58. The topological polar surface area (TPSA) is 12.0 Å². The van der Waals surface area contributed by atoms with Gasteiger partial charge in [0.2, 0.25) is 0 Å². The third-order valence-corrected chi connectivity index (χ3v) is 3.47. The zero-order valence-corrected chi connectivity index (χ0v) is 9.09. The maximum Gasteiger partial charge on any atom is 0.0105 e. The molecule has 1 unspecified atom stereocenters. The van der Waals surface area contributed by atoms with E-state index in [1.54, 1.807) is 11.1 Å². The number of aryl methyl sites for hydroxylation is 1. The van der Waals surface area contributed by atoms with Gasteiger partial charge >= 0.3 is 0 Å². The van der Waals surface area contributed by atoms with E-state index in [0.717, 1.165) is 0 Å². The molecule has 2 atom stereocenters. The van der Waals surface area contributed by atoms with Crippen molar-refractivity contribution in [2.75, 3.05) is 7.05 Å². The van der Waals surface area contributed by atoms with Crippen LogP contribution in [0.1, 0.15) is 36.8 Å². The summed E-state index contributed by atoms with van der Waals surface area (Å²) in [4.78, 5) is 0. The normalized spacial score (nSPS) is 22.9. The first-order chi connectivity index (χ1) is 6.83. The van der Waals surface area contributed by atoms with Crippen molar-refractivity contribution in [1.82, 2.24) is 5.32 Å². The highest BCUT2D eigenvalue weighted by molar-refractivity contribution is 5.33. The summed E-state index contributed by atoms with van der Waals surface area (Å²) in [5, 5.41) is 3.38. The van der Waals surface area contributed by atoms with E-state index in [1.165, 1.54) is 19.3 Å². The molecule has 0 radical (unpaired) electrons. The Morgan fingerprint density at radius 1 is 1.36 bits per heavy atom. The monoisotopic (exact) mass is 189 g/mol. The lowest BCUT2D eigenvalue weighted by Crippen LogP contribution is -2.31. The Morgan fingerprint density at radius 2 is 2.14 bits per heavy atom. The lowest BCUT2D eigenvalue weighted by atomic mass is 9.79. The van der Waals surface area contributed by atoms with Gasteiger partial charge in [0.05, 0.1) is 0 Å². The summed E-state index contributed by atoms with van der Waals surface area (Å²) in [5.41, 5.74) is 3.13. The highest BCUT2D eigenvalue weighted by Crippen LogP contribution is 2.33. The van der Waals surface area contributed by atoms with E-state index in [4.69, 9.17) is 0 Å². The quantitative estimate of drug-likeness (QED) is 0.754. The molecule has 1 aromatic rings. The summed E-state index contributed by atoms with van der Waals surface area (Å²) in [6.45, 7) is 2.28. The number of hydrogen-bond donors (Lipinski definition) is 1. The van der Waals surface area contributed by atoms with Crippen molar-refractivity contribution in [1.29, 1.82) is 0 Å². The number of nitrogens with one attached hydrogen (secondary N) is 1. The van der Waals surface area contributed by atoms with E-state index in [-0.39, 0.29) is 0 Å². The van der Waals surface area contributed by atoms with Gasteiger partial charge in [0.15, 0.2) is 0 Å². The molecule has 1 heteroatoms. The molecule has 14 heavy (non-hydrogen) atoms. The summed E-state index contributed by atoms with van der Waals surface area (Å²) in [5.74, 6) is 0.713. The number of rotatable bonds is 2. The van der Waals surface area contributed by atoms with Gasteiger partial charge in [0.1, 0.15) is 0 Å². The smallest absolute Gasteiger partial charge is 0.0105 e. The second kappa shape index (κ2) is 4.14. The van der Waals surface area contributed by atoms with Gasteiger partial charge in [-0.25, -0.2) is 0 Å². The molecular weight excluding hydrogens is 170 g/mol. The summed E-state index contributed by atoms with van der Waals surface area (Å²) < 4.78 is 0. The third-order valence-electron chi connectivity index (χ3n) is 3.47. The first kappa shape index (κ1) is 9.72. The highest BCUT2D eigenvalue weighted by atomic mass is 14.9. The largest absolute Gasteiger partial charge is 0.317 e. The highest BCUT2D eigenvalue weighted by Gasteiger charge is 2.23. The number of likely N-dealkylation sites (N-methyl/N-ethyl adjacent to an activating group) is 1. The average molecular weight is 189 g/mol. The summed E-state index contributed by atoms with van der Waals surface area (Å²) in [6.07, 6.45) is 3.94. The zero-order chi connectivity index (χ0) is 9.97. The Kier molecular flexibility index (Phi) is 2.87. The molecule has 76 valence electrons. The van der Waals surface area contributed by atoms with E-state index in [9.17, 15) is 0 Å². The molecule has 0 aliphatic heterocycles. The maximum atomic E-state index is 3.38. The van der Waals surface area contributed by atoms with Crippen molar-refractivity contribution in [3.63, 3.8) is 0 Å². The number of fused-ring (bicyclic) bond motifs is 1. The lowest BCUT2D eigenvalue weighted by molar-refractivity contribution is 0.437. The Labute approximate surface area is 86.5 Å². The van der Waals surface area contributed by atoms with Gasteiger partial charge in [-0.1, -0.05) is 24.3 Å². The number of hydrogen-bond acceptors (Lipinski definition) is 1. The molecule has 0 aromatic heterocycles. The Hall–Kier alpha value is -0.820. The SMILES string of the molecule is CN[C@@H](C)C1CCCc2ccccc21. The molecular formula is C13H19N. The zero-order valence-electron chi connectivity index (χ0n) is 9.09. The van der Waals surface area contributed by atoms with Crippen LogP contribution in [0.4, 0.5) is 0 Å². The molecule has 1 aliphatic rings. The van der Waals surface area contributed by atoms with Crippen LogP contribution in [-0.2, 0) is 6.42 Å². The van der Waals surface area contributed by atoms with Crippen LogP contribution in [-0.4, -0.2) is 13.1 Å². The van der Waals surface area contributed by atoms with Crippen LogP contribution >= 0.6 is 0 Å². The Morgan fingerprint density at radius 3 is 2.93 bits per heavy atom. The molecule has 0 amide bonds. The van der Waals surface area contributed by atoms with Gasteiger partial charge < -0.3 is 5.32 Å². The van der Waals surface area contributed by atoms with E-state index >= 15 is 0 Å². The molecule has 1 nitrogen and oxygen atoms in total. The Balaban J connectivity index is 2.30. The molecule has 1 aliphatic carbocycles. The van der Waals surface area contributed by atoms with E-state index in [1.807, 2.05) is 0 Å². The standard InChI is InChI=1S/C13H19N/c1-10(14-2)12-9-5-7-11-6-3-4-8-13(11)12/h3-4,6,8,10,12,14H,5,7,9H2,1-2H3/t10-,12?/m0/s1. The van der Waals surface area contributed by atoms with Crippen molar-refractivity contribution >= 4 is 0 Å². The van der Waals surface area contributed by atoms with Crippen LogP contribution < -0.4 is 5.32 Å². The van der Waals surface area contributed by atoms with Crippen molar-refractivity contribution in [2.24, 2.45) is 0 Å². The van der Waals surface area contributed by atoms with Gasteiger partial charge in [0.25, 0.3) is 0 Å². The van der Waals surface area contributed by atoms with E-state index < -0.39 is 0 Å². The minimum atomic E-state index is 0.594. The molecule has 0 fully saturated rings. The van der Waals surface area contributed by atoms with Crippen LogP contribution in [0.5, 0.6) is 0 Å². The number of benzene rings is 1. The molecule has 1 aromatic carbocycles. The van der Waals surface area contributed by atoms with Crippen LogP contribution in [0.2, 0.25) is 0 Å².